The van der Waals surface area contributed by atoms with Gasteiger partial charge in [0, 0.05) is 17.3 Å². The molecule has 0 aromatic heterocycles. The van der Waals surface area contributed by atoms with Crippen LogP contribution in [0.4, 0.5) is 0 Å². The van der Waals surface area contributed by atoms with E-state index in [-0.39, 0.29) is 5.41 Å². The van der Waals surface area contributed by atoms with E-state index in [1.54, 1.807) is 5.56 Å². The molecule has 0 heteroatoms. The molecule has 3 saturated carbocycles. The Morgan fingerprint density at radius 1 is 0.958 bits per heavy atom. The topological polar surface area (TPSA) is 0 Å². The number of hydrogen-bond acceptors (Lipinski definition) is 0. The van der Waals surface area contributed by atoms with Crippen molar-refractivity contribution in [2.45, 2.75) is 38.0 Å². The van der Waals surface area contributed by atoms with E-state index in [9.17, 15) is 0 Å². The Kier molecular flexibility index (Phi) is 2.72. The maximum absolute atomic E-state index is 5.92. The van der Waals surface area contributed by atoms with Gasteiger partial charge in [-0.3, -0.25) is 0 Å². The van der Waals surface area contributed by atoms with E-state index in [1.807, 2.05) is 0 Å². The maximum Gasteiger partial charge on any atom is 0.0160 e. The summed E-state index contributed by atoms with van der Waals surface area (Å²) >= 11 is 0. The molecule has 0 aliphatic heterocycles. The van der Waals surface area contributed by atoms with E-state index in [2.05, 4.69) is 73.5 Å². The fraction of sp³-hybridized carbons (Fsp3) is 0.417. The molecule has 0 N–H and O–H groups in total. The first-order chi connectivity index (χ1) is 11.7. The lowest BCUT2D eigenvalue weighted by Gasteiger charge is -2.58. The molecule has 0 nitrogen and oxygen atoms in total. The first-order valence-corrected chi connectivity index (χ1v) is 9.25. The highest BCUT2D eigenvalue weighted by molar-refractivity contribution is 5.57. The SMILES string of the molecule is C#CC[C@]1(Cc2ccccc2)[C@]2(C)[C@@H]3CC[C@H]3[C@]12c1ccccc1. The third-order valence-electron chi connectivity index (χ3n) is 8.06. The van der Waals surface area contributed by atoms with Crippen molar-refractivity contribution >= 4 is 0 Å². The molecule has 2 aromatic rings. The van der Waals surface area contributed by atoms with Gasteiger partial charge in [-0.1, -0.05) is 67.6 Å². The van der Waals surface area contributed by atoms with Crippen molar-refractivity contribution in [1.29, 1.82) is 0 Å². The summed E-state index contributed by atoms with van der Waals surface area (Å²) in [6.45, 7) is 2.54. The molecule has 0 saturated heterocycles. The van der Waals surface area contributed by atoms with E-state index in [0.717, 1.165) is 24.7 Å². The van der Waals surface area contributed by atoms with Crippen molar-refractivity contribution in [2.24, 2.45) is 22.7 Å². The second-order valence-corrected chi connectivity index (χ2v) is 8.29. The van der Waals surface area contributed by atoms with Crippen LogP contribution in [0.15, 0.2) is 60.7 Å². The fourth-order valence-electron chi connectivity index (χ4n) is 7.25. The van der Waals surface area contributed by atoms with Gasteiger partial charge in [-0.2, -0.15) is 0 Å². The van der Waals surface area contributed by atoms with E-state index in [4.69, 9.17) is 6.42 Å². The smallest absolute Gasteiger partial charge is 0.0160 e. The van der Waals surface area contributed by atoms with Gasteiger partial charge >= 0.3 is 0 Å². The highest BCUT2D eigenvalue weighted by atomic mass is 15.0. The summed E-state index contributed by atoms with van der Waals surface area (Å²) in [5.41, 5.74) is 3.92. The van der Waals surface area contributed by atoms with Crippen molar-refractivity contribution in [1.82, 2.24) is 0 Å². The van der Waals surface area contributed by atoms with Gasteiger partial charge < -0.3 is 0 Å². The minimum atomic E-state index is 0.239. The highest BCUT2D eigenvalue weighted by Gasteiger charge is 2.96. The molecule has 120 valence electrons. The molecule has 3 fully saturated rings. The minimum Gasteiger partial charge on any atom is -0.120 e. The minimum absolute atomic E-state index is 0.239. The van der Waals surface area contributed by atoms with Gasteiger partial charge in [0.05, 0.1) is 0 Å². The third-order valence-corrected chi connectivity index (χ3v) is 8.06. The Labute approximate surface area is 145 Å². The molecule has 0 spiro atoms. The molecule has 0 radical (unpaired) electrons. The van der Waals surface area contributed by atoms with Crippen LogP contribution in [0.25, 0.3) is 0 Å². The van der Waals surface area contributed by atoms with Crippen molar-refractivity contribution in [3.05, 3.63) is 71.8 Å². The Balaban J connectivity index is 1.66. The van der Waals surface area contributed by atoms with Gasteiger partial charge in [0.1, 0.15) is 0 Å². The summed E-state index contributed by atoms with van der Waals surface area (Å²) in [7, 11) is 0. The van der Waals surface area contributed by atoms with Gasteiger partial charge in [-0.25, -0.2) is 0 Å². The average Bonchev–Trinajstić information content (AvgIpc) is 2.97. The Bertz CT molecular complexity index is 814. The van der Waals surface area contributed by atoms with Gasteiger partial charge in [-0.05, 0) is 47.6 Å². The summed E-state index contributed by atoms with van der Waals surface area (Å²) in [5.74, 6) is 4.81. The molecule has 5 atom stereocenters. The molecule has 3 aliphatic carbocycles. The molecule has 0 bridgehead atoms. The van der Waals surface area contributed by atoms with Gasteiger partial charge in [-0.15, -0.1) is 12.3 Å². The molecular formula is C24H24. The standard InChI is InChI=1S/C24H24/c1-3-16-23(17-18-10-6-4-7-11-18)22(2)20-14-15-21(20)24(22,23)19-12-8-5-9-13-19/h1,4-13,20-21H,14-17H2,2H3/t20-,21-,22+,23+,24+/m1/s1. The summed E-state index contributed by atoms with van der Waals surface area (Å²) in [4.78, 5) is 0. The second kappa shape index (κ2) is 4.54. The molecule has 2 aromatic carbocycles. The zero-order valence-electron chi connectivity index (χ0n) is 14.3. The number of hydrogen-bond donors (Lipinski definition) is 0. The molecule has 0 heterocycles. The summed E-state index contributed by atoms with van der Waals surface area (Å²) in [6, 6.07) is 22.3. The van der Waals surface area contributed by atoms with Gasteiger partial charge in [0.25, 0.3) is 0 Å². The number of benzene rings is 2. The lowest BCUT2D eigenvalue weighted by molar-refractivity contribution is -0.0483. The van der Waals surface area contributed by atoms with Crippen molar-refractivity contribution in [3.63, 3.8) is 0 Å². The zero-order chi connectivity index (χ0) is 16.4. The molecule has 0 unspecified atom stereocenters. The lowest BCUT2D eigenvalue weighted by atomic mass is 9.46. The summed E-state index contributed by atoms with van der Waals surface area (Å²) in [5, 5.41) is 0. The molecule has 24 heavy (non-hydrogen) atoms. The number of terminal acetylenes is 1. The van der Waals surface area contributed by atoms with E-state index < -0.39 is 0 Å². The maximum atomic E-state index is 5.92. The van der Waals surface area contributed by atoms with Crippen LogP contribution in [0.3, 0.4) is 0 Å². The highest BCUT2D eigenvalue weighted by Crippen LogP contribution is 2.98. The zero-order valence-corrected chi connectivity index (χ0v) is 14.3. The Morgan fingerprint density at radius 2 is 1.58 bits per heavy atom. The molecule has 3 aliphatic rings. The second-order valence-electron chi connectivity index (χ2n) is 8.29. The molecule has 0 amide bonds. The lowest BCUT2D eigenvalue weighted by Crippen LogP contribution is -2.54. The number of fused-ring (bicyclic) bond motifs is 4. The normalized spacial score (nSPS) is 41.2. The van der Waals surface area contributed by atoms with Gasteiger partial charge in [0.15, 0.2) is 0 Å². The number of rotatable bonds is 4. The molecular weight excluding hydrogens is 288 g/mol. The van der Waals surface area contributed by atoms with Gasteiger partial charge in [0.2, 0.25) is 0 Å². The monoisotopic (exact) mass is 312 g/mol. The van der Waals surface area contributed by atoms with Crippen LogP contribution in [0, 0.1) is 35.0 Å². The predicted molar refractivity (Wildman–Crippen MR) is 98.5 cm³/mol. The third kappa shape index (κ3) is 1.28. The summed E-state index contributed by atoms with van der Waals surface area (Å²) in [6.07, 6.45) is 10.7. The van der Waals surface area contributed by atoms with Crippen LogP contribution in [-0.4, -0.2) is 0 Å². The first-order valence-electron chi connectivity index (χ1n) is 9.25. The van der Waals surface area contributed by atoms with E-state index in [1.165, 1.54) is 18.4 Å². The first kappa shape index (κ1) is 14.4. The van der Waals surface area contributed by atoms with Crippen molar-refractivity contribution in [2.75, 3.05) is 0 Å². The molecule has 5 rings (SSSR count). The van der Waals surface area contributed by atoms with Crippen molar-refractivity contribution < 1.29 is 0 Å². The van der Waals surface area contributed by atoms with Crippen molar-refractivity contribution in [3.8, 4) is 12.3 Å². The Hall–Kier alpha value is -2.00. The van der Waals surface area contributed by atoms with Crippen LogP contribution in [0.1, 0.15) is 37.3 Å². The van der Waals surface area contributed by atoms with Crippen LogP contribution >= 0.6 is 0 Å². The van der Waals surface area contributed by atoms with Crippen LogP contribution in [-0.2, 0) is 11.8 Å². The van der Waals surface area contributed by atoms with Crippen LogP contribution in [0.5, 0.6) is 0 Å². The largest absolute Gasteiger partial charge is 0.120 e. The quantitative estimate of drug-likeness (QED) is 0.678. The fourth-order valence-corrected chi connectivity index (χ4v) is 7.25. The van der Waals surface area contributed by atoms with E-state index in [0.29, 0.717) is 10.8 Å². The Morgan fingerprint density at radius 3 is 2.17 bits per heavy atom. The predicted octanol–water partition coefficient (Wildman–Crippen LogP) is 5.24. The van der Waals surface area contributed by atoms with E-state index >= 15 is 0 Å². The average molecular weight is 312 g/mol. The summed E-state index contributed by atoms with van der Waals surface area (Å²) < 4.78 is 0. The van der Waals surface area contributed by atoms with Crippen LogP contribution in [0.2, 0.25) is 0 Å². The van der Waals surface area contributed by atoms with Crippen LogP contribution < -0.4 is 0 Å².